The van der Waals surface area contributed by atoms with Crippen molar-refractivity contribution >= 4 is 35.0 Å². The molecule has 1 fully saturated rings. The van der Waals surface area contributed by atoms with Crippen molar-refractivity contribution in [2.24, 2.45) is 0 Å². The maximum atomic E-state index is 13.5. The summed E-state index contributed by atoms with van der Waals surface area (Å²) in [6.07, 6.45) is 6.27. The van der Waals surface area contributed by atoms with E-state index in [1.54, 1.807) is 17.0 Å². The number of benzene rings is 2. The molecule has 4 nitrogen and oxygen atoms in total. The van der Waals surface area contributed by atoms with Crippen LogP contribution in [0.1, 0.15) is 62.1 Å². The molecule has 0 heterocycles. The normalized spacial score (nSPS) is 15.2. The van der Waals surface area contributed by atoms with E-state index in [-0.39, 0.29) is 30.8 Å². The van der Waals surface area contributed by atoms with Gasteiger partial charge in [-0.15, -0.1) is 0 Å². The summed E-state index contributed by atoms with van der Waals surface area (Å²) >= 11 is 12.5. The summed E-state index contributed by atoms with van der Waals surface area (Å²) < 4.78 is 0. The van der Waals surface area contributed by atoms with Crippen molar-refractivity contribution in [3.8, 4) is 0 Å². The predicted molar refractivity (Wildman–Crippen MR) is 131 cm³/mol. The molecule has 172 valence electrons. The second-order valence-electron chi connectivity index (χ2n) is 8.69. The zero-order valence-corrected chi connectivity index (χ0v) is 20.4. The summed E-state index contributed by atoms with van der Waals surface area (Å²) in [5.74, 6) is -0.172. The lowest BCUT2D eigenvalue weighted by Crippen LogP contribution is -2.52. The van der Waals surface area contributed by atoms with Gasteiger partial charge < -0.3 is 10.2 Å². The minimum atomic E-state index is -0.555. The molecule has 0 spiro atoms. The molecule has 2 amide bonds. The third-order valence-electron chi connectivity index (χ3n) is 6.13. The van der Waals surface area contributed by atoms with Gasteiger partial charge in [0.1, 0.15) is 6.04 Å². The van der Waals surface area contributed by atoms with Gasteiger partial charge in [-0.05, 0) is 49.4 Å². The van der Waals surface area contributed by atoms with Gasteiger partial charge in [0.15, 0.2) is 0 Å². The molecule has 1 aliphatic rings. The number of nitrogens with one attached hydrogen (secondary N) is 1. The molecule has 2 aromatic rings. The summed E-state index contributed by atoms with van der Waals surface area (Å²) in [5.41, 5.74) is 2.81. The van der Waals surface area contributed by atoms with Crippen LogP contribution in [-0.4, -0.2) is 28.8 Å². The number of hydrogen-bond donors (Lipinski definition) is 1. The molecule has 3 rings (SSSR count). The number of nitrogens with zero attached hydrogens (tertiary/aromatic N) is 1. The van der Waals surface area contributed by atoms with Gasteiger partial charge in [0, 0.05) is 22.6 Å². The number of carbonyl (C=O) groups excluding carboxylic acids is 2. The summed E-state index contributed by atoms with van der Waals surface area (Å²) in [7, 11) is 0. The maximum absolute atomic E-state index is 13.5. The van der Waals surface area contributed by atoms with E-state index in [9.17, 15) is 9.59 Å². The molecule has 0 aliphatic heterocycles. The van der Waals surface area contributed by atoms with Crippen LogP contribution in [0.25, 0.3) is 0 Å². The lowest BCUT2D eigenvalue weighted by molar-refractivity contribution is -0.141. The lowest BCUT2D eigenvalue weighted by Gasteiger charge is -2.33. The van der Waals surface area contributed by atoms with Crippen LogP contribution in [0.15, 0.2) is 42.5 Å². The van der Waals surface area contributed by atoms with Crippen molar-refractivity contribution in [2.75, 3.05) is 0 Å². The maximum Gasteiger partial charge on any atom is 0.243 e. The number of carbonyl (C=O) groups is 2. The van der Waals surface area contributed by atoms with Crippen molar-refractivity contribution in [3.63, 3.8) is 0 Å². The predicted octanol–water partition coefficient (Wildman–Crippen LogP) is 6.10. The monoisotopic (exact) mass is 474 g/mol. The summed E-state index contributed by atoms with van der Waals surface area (Å²) in [6.45, 7) is 4.21. The van der Waals surface area contributed by atoms with E-state index in [0.29, 0.717) is 16.5 Å². The van der Waals surface area contributed by atoms with E-state index in [1.165, 1.54) is 6.42 Å². The molecule has 6 heteroatoms. The number of aryl methyl sites for hydroxylation is 1. The minimum Gasteiger partial charge on any atom is -0.352 e. The fraction of sp³-hybridized carbons (Fsp3) is 0.462. The smallest absolute Gasteiger partial charge is 0.243 e. The summed E-state index contributed by atoms with van der Waals surface area (Å²) in [4.78, 5) is 28.4. The van der Waals surface area contributed by atoms with Crippen molar-refractivity contribution in [1.29, 1.82) is 0 Å². The number of rotatable bonds is 8. The molecule has 1 atom stereocenters. The van der Waals surface area contributed by atoms with E-state index < -0.39 is 6.04 Å². The van der Waals surface area contributed by atoms with Crippen LogP contribution < -0.4 is 5.32 Å². The Balaban J connectivity index is 1.84. The van der Waals surface area contributed by atoms with Crippen LogP contribution in [0.4, 0.5) is 0 Å². The van der Waals surface area contributed by atoms with E-state index in [1.807, 2.05) is 44.2 Å². The molecule has 1 N–H and O–H groups in total. The van der Waals surface area contributed by atoms with Crippen LogP contribution in [0.3, 0.4) is 0 Å². The standard InChI is InChI=1S/C26H32Cl2N2O2/c1-3-24(26(32)29-22-10-5-4-6-11-22)30(17-20-12-13-21(27)16-23(20)28)25(31)15-19-9-7-8-18(2)14-19/h7-9,12-14,16,22,24H,3-6,10-11,15,17H2,1-2H3,(H,29,32)/t24-/m1/s1. The fourth-order valence-corrected chi connectivity index (χ4v) is 4.86. The Morgan fingerprint density at radius 1 is 1.09 bits per heavy atom. The van der Waals surface area contributed by atoms with Crippen LogP contribution in [-0.2, 0) is 22.6 Å². The Hall–Kier alpha value is -2.04. The van der Waals surface area contributed by atoms with Crippen LogP contribution >= 0.6 is 23.2 Å². The van der Waals surface area contributed by atoms with Gasteiger partial charge >= 0.3 is 0 Å². The number of hydrogen-bond acceptors (Lipinski definition) is 2. The first-order valence-corrected chi connectivity index (χ1v) is 12.2. The van der Waals surface area contributed by atoms with Gasteiger partial charge in [0.25, 0.3) is 0 Å². The average molecular weight is 475 g/mol. The third kappa shape index (κ3) is 6.73. The molecular formula is C26H32Cl2N2O2. The molecule has 32 heavy (non-hydrogen) atoms. The lowest BCUT2D eigenvalue weighted by atomic mass is 9.95. The number of amides is 2. The average Bonchev–Trinajstić information content (AvgIpc) is 2.75. The van der Waals surface area contributed by atoms with Crippen molar-refractivity contribution in [3.05, 3.63) is 69.2 Å². The first-order valence-electron chi connectivity index (χ1n) is 11.5. The fourth-order valence-electron chi connectivity index (χ4n) is 4.40. The van der Waals surface area contributed by atoms with Crippen molar-refractivity contribution in [2.45, 2.75) is 77.4 Å². The van der Waals surface area contributed by atoms with Gasteiger partial charge in [-0.2, -0.15) is 0 Å². The van der Waals surface area contributed by atoms with Crippen LogP contribution in [0.2, 0.25) is 10.0 Å². The minimum absolute atomic E-state index is 0.0814. The molecule has 1 saturated carbocycles. The van der Waals surface area contributed by atoms with Gasteiger partial charge in [-0.25, -0.2) is 0 Å². The highest BCUT2D eigenvalue weighted by Gasteiger charge is 2.30. The Labute approximate surface area is 201 Å². The molecule has 0 unspecified atom stereocenters. The first-order chi connectivity index (χ1) is 15.4. The quantitative estimate of drug-likeness (QED) is 0.502. The zero-order valence-electron chi connectivity index (χ0n) is 18.9. The summed E-state index contributed by atoms with van der Waals surface area (Å²) in [5, 5.41) is 4.23. The van der Waals surface area contributed by atoms with Gasteiger partial charge in [-0.3, -0.25) is 9.59 Å². The Morgan fingerprint density at radius 2 is 1.84 bits per heavy atom. The molecule has 0 saturated heterocycles. The van der Waals surface area contributed by atoms with E-state index >= 15 is 0 Å². The third-order valence-corrected chi connectivity index (χ3v) is 6.72. The van der Waals surface area contributed by atoms with E-state index in [4.69, 9.17) is 23.2 Å². The first kappa shape index (κ1) is 24.6. The number of halogens is 2. The second kappa shape index (κ2) is 11.7. The van der Waals surface area contributed by atoms with E-state index in [2.05, 4.69) is 5.32 Å². The van der Waals surface area contributed by atoms with Crippen molar-refractivity contribution < 1.29 is 9.59 Å². The molecule has 0 bridgehead atoms. The van der Waals surface area contributed by atoms with E-state index in [0.717, 1.165) is 42.4 Å². The van der Waals surface area contributed by atoms with Crippen molar-refractivity contribution in [1.82, 2.24) is 10.2 Å². The molecule has 0 aromatic heterocycles. The van der Waals surface area contributed by atoms with Gasteiger partial charge in [0.05, 0.1) is 6.42 Å². The molecule has 2 aromatic carbocycles. The summed E-state index contributed by atoms with van der Waals surface area (Å²) in [6, 6.07) is 12.8. The van der Waals surface area contributed by atoms with Gasteiger partial charge in [-0.1, -0.05) is 85.3 Å². The zero-order chi connectivity index (χ0) is 23.1. The highest BCUT2D eigenvalue weighted by Crippen LogP contribution is 2.25. The Kier molecular flexibility index (Phi) is 9.01. The highest BCUT2D eigenvalue weighted by molar-refractivity contribution is 6.35. The topological polar surface area (TPSA) is 49.4 Å². The highest BCUT2D eigenvalue weighted by atomic mass is 35.5. The largest absolute Gasteiger partial charge is 0.352 e. The molecular weight excluding hydrogens is 443 g/mol. The molecule has 0 radical (unpaired) electrons. The van der Waals surface area contributed by atoms with Crippen LogP contribution in [0, 0.1) is 6.92 Å². The molecule has 1 aliphatic carbocycles. The second-order valence-corrected chi connectivity index (χ2v) is 9.53. The van der Waals surface area contributed by atoms with Crippen LogP contribution in [0.5, 0.6) is 0 Å². The Morgan fingerprint density at radius 3 is 2.50 bits per heavy atom. The SMILES string of the molecule is CC[C@H](C(=O)NC1CCCCC1)N(Cc1ccc(Cl)cc1Cl)C(=O)Cc1cccc(C)c1. The Bertz CT molecular complexity index is 941. The van der Waals surface area contributed by atoms with Gasteiger partial charge in [0.2, 0.25) is 11.8 Å².